The van der Waals surface area contributed by atoms with Crippen LogP contribution >= 0.6 is 12.2 Å². The summed E-state index contributed by atoms with van der Waals surface area (Å²) in [7, 11) is 0. The van der Waals surface area contributed by atoms with Gasteiger partial charge in [0.25, 0.3) is 0 Å². The van der Waals surface area contributed by atoms with Crippen LogP contribution in [0.5, 0.6) is 0 Å². The van der Waals surface area contributed by atoms with Gasteiger partial charge in [-0.3, -0.25) is 5.43 Å². The number of hydrogen-bond acceptors (Lipinski definition) is 2. The summed E-state index contributed by atoms with van der Waals surface area (Å²) < 4.78 is 0. The van der Waals surface area contributed by atoms with Gasteiger partial charge in [0.1, 0.15) is 0 Å². The molecule has 0 amide bonds. The highest BCUT2D eigenvalue weighted by molar-refractivity contribution is 7.80. The zero-order valence-electron chi connectivity index (χ0n) is 8.89. The molecule has 0 bridgehead atoms. The number of hydrazine groups is 1. The third-order valence-electron chi connectivity index (χ3n) is 3.50. The molecule has 80 valence electrons. The van der Waals surface area contributed by atoms with Crippen LogP contribution in [0.3, 0.4) is 0 Å². The van der Waals surface area contributed by atoms with Gasteiger partial charge in [0.2, 0.25) is 0 Å². The molecule has 2 rings (SSSR count). The van der Waals surface area contributed by atoms with E-state index in [-0.39, 0.29) is 5.54 Å². The Kier molecular flexibility index (Phi) is 2.66. The Labute approximate surface area is 91.0 Å². The predicted octanol–water partition coefficient (Wildman–Crippen LogP) is 1.31. The summed E-state index contributed by atoms with van der Waals surface area (Å²) >= 11 is 5.18. The molecule has 14 heavy (non-hydrogen) atoms. The molecule has 0 unspecified atom stereocenters. The van der Waals surface area contributed by atoms with E-state index in [0.29, 0.717) is 12.0 Å². The third kappa shape index (κ3) is 1.86. The molecule has 0 aromatic carbocycles. The predicted molar refractivity (Wildman–Crippen MR) is 61.8 cm³/mol. The van der Waals surface area contributed by atoms with Gasteiger partial charge < -0.3 is 5.32 Å². The zero-order chi connectivity index (χ0) is 10.2. The van der Waals surface area contributed by atoms with Gasteiger partial charge in [-0.15, -0.1) is 0 Å². The number of nitrogens with one attached hydrogen (secondary N) is 3. The van der Waals surface area contributed by atoms with Crippen molar-refractivity contribution in [2.45, 2.75) is 51.1 Å². The van der Waals surface area contributed by atoms with Crippen molar-refractivity contribution in [3.63, 3.8) is 0 Å². The Morgan fingerprint density at radius 3 is 2.79 bits per heavy atom. The first-order valence-corrected chi connectivity index (χ1v) is 5.84. The van der Waals surface area contributed by atoms with Gasteiger partial charge in [0.05, 0.1) is 0 Å². The van der Waals surface area contributed by atoms with Gasteiger partial charge in [0, 0.05) is 11.6 Å². The van der Waals surface area contributed by atoms with Crippen molar-refractivity contribution in [1.82, 2.24) is 16.2 Å². The van der Waals surface area contributed by atoms with Crippen LogP contribution in [0.1, 0.15) is 39.5 Å². The topological polar surface area (TPSA) is 36.1 Å². The Hall–Kier alpha value is -0.350. The first-order valence-electron chi connectivity index (χ1n) is 5.43. The highest BCUT2D eigenvalue weighted by Crippen LogP contribution is 2.33. The van der Waals surface area contributed by atoms with Crippen molar-refractivity contribution >= 4 is 17.3 Å². The quantitative estimate of drug-likeness (QED) is 0.530. The largest absolute Gasteiger partial charge is 0.356 e. The fourth-order valence-corrected chi connectivity index (χ4v) is 3.06. The van der Waals surface area contributed by atoms with Crippen LogP contribution in [0.2, 0.25) is 0 Å². The smallest absolute Gasteiger partial charge is 0.181 e. The highest BCUT2D eigenvalue weighted by Gasteiger charge is 2.39. The molecular weight excluding hydrogens is 194 g/mol. The van der Waals surface area contributed by atoms with Crippen LogP contribution in [0.4, 0.5) is 0 Å². The maximum Gasteiger partial charge on any atom is 0.181 e. The Balaban J connectivity index is 2.18. The molecule has 0 aromatic rings. The Bertz CT molecular complexity index is 240. The van der Waals surface area contributed by atoms with Crippen molar-refractivity contribution < 1.29 is 0 Å². The molecular formula is C10H19N3S. The van der Waals surface area contributed by atoms with E-state index in [0.717, 1.165) is 5.11 Å². The second-order valence-corrected chi connectivity index (χ2v) is 5.35. The minimum atomic E-state index is 0.110. The van der Waals surface area contributed by atoms with Gasteiger partial charge in [-0.2, -0.15) is 0 Å². The summed E-state index contributed by atoms with van der Waals surface area (Å²) in [5, 5.41) is 4.10. The number of rotatable bonds is 0. The van der Waals surface area contributed by atoms with Crippen LogP contribution in [-0.2, 0) is 0 Å². The first-order chi connectivity index (χ1) is 6.59. The van der Waals surface area contributed by atoms with Crippen molar-refractivity contribution in [1.29, 1.82) is 0 Å². The van der Waals surface area contributed by atoms with Gasteiger partial charge in [-0.25, -0.2) is 5.43 Å². The van der Waals surface area contributed by atoms with E-state index in [4.69, 9.17) is 12.2 Å². The van der Waals surface area contributed by atoms with Crippen molar-refractivity contribution in [3.8, 4) is 0 Å². The summed E-state index contributed by atoms with van der Waals surface area (Å²) in [5.74, 6) is 0.671. The third-order valence-corrected chi connectivity index (χ3v) is 3.70. The minimum absolute atomic E-state index is 0.110. The molecule has 0 radical (unpaired) electrons. The van der Waals surface area contributed by atoms with E-state index in [1.165, 1.54) is 25.7 Å². The molecule has 2 aliphatic rings. The lowest BCUT2D eigenvalue weighted by molar-refractivity contribution is 0.173. The van der Waals surface area contributed by atoms with Crippen LogP contribution in [0, 0.1) is 5.92 Å². The van der Waals surface area contributed by atoms with E-state index in [2.05, 4.69) is 30.0 Å². The van der Waals surface area contributed by atoms with Gasteiger partial charge >= 0.3 is 0 Å². The summed E-state index contributed by atoms with van der Waals surface area (Å²) in [4.78, 5) is 0. The van der Waals surface area contributed by atoms with Crippen molar-refractivity contribution in [2.75, 3.05) is 0 Å². The highest BCUT2D eigenvalue weighted by atomic mass is 32.1. The second-order valence-electron chi connectivity index (χ2n) is 4.94. The van der Waals surface area contributed by atoms with E-state index in [9.17, 15) is 0 Å². The number of thiocarbonyl (C=S) groups is 1. The molecule has 1 saturated carbocycles. The molecule has 2 fully saturated rings. The van der Waals surface area contributed by atoms with E-state index in [1.807, 2.05) is 0 Å². The molecule has 4 heteroatoms. The first kappa shape index (κ1) is 10.2. The van der Waals surface area contributed by atoms with Crippen molar-refractivity contribution in [2.24, 2.45) is 5.92 Å². The van der Waals surface area contributed by atoms with Gasteiger partial charge in [-0.1, -0.05) is 12.8 Å². The molecule has 3 N–H and O–H groups in total. The van der Waals surface area contributed by atoms with Crippen LogP contribution in [0.25, 0.3) is 0 Å². The fourth-order valence-electron chi connectivity index (χ4n) is 2.74. The number of fused-ring (bicyclic) bond motifs is 1. The molecule has 1 aliphatic carbocycles. The van der Waals surface area contributed by atoms with Crippen LogP contribution < -0.4 is 16.2 Å². The summed E-state index contributed by atoms with van der Waals surface area (Å²) in [6.45, 7) is 4.49. The monoisotopic (exact) mass is 213 g/mol. The molecule has 0 spiro atoms. The molecule has 0 aromatic heterocycles. The lowest BCUT2D eigenvalue weighted by atomic mass is 9.74. The summed E-state index contributed by atoms with van der Waals surface area (Å²) in [6.07, 6.45) is 5.23. The fraction of sp³-hybridized carbons (Fsp3) is 0.900. The van der Waals surface area contributed by atoms with Gasteiger partial charge in [-0.05, 0) is 44.8 Å². The van der Waals surface area contributed by atoms with E-state index >= 15 is 0 Å². The standard InChI is InChI=1S/C10H19N3S/c1-10(2)7-5-3-4-6-8(7)12-13-9(14)11-10/h7-8,12H,3-6H2,1-2H3,(H2,11,13,14)/t7-,8+/m0/s1. The molecule has 2 atom stereocenters. The maximum absolute atomic E-state index is 5.18. The SMILES string of the molecule is CC1(C)NC(=S)NN[C@@H]2CCCC[C@@H]21. The lowest BCUT2D eigenvalue weighted by Gasteiger charge is -2.40. The summed E-state index contributed by atoms with van der Waals surface area (Å²) in [5.41, 5.74) is 6.51. The average Bonchev–Trinajstić information content (AvgIpc) is 2.24. The minimum Gasteiger partial charge on any atom is -0.356 e. The Morgan fingerprint density at radius 2 is 2.00 bits per heavy atom. The molecule has 1 heterocycles. The lowest BCUT2D eigenvalue weighted by Crippen LogP contribution is -2.51. The zero-order valence-corrected chi connectivity index (χ0v) is 9.71. The van der Waals surface area contributed by atoms with E-state index in [1.54, 1.807) is 0 Å². The van der Waals surface area contributed by atoms with E-state index < -0.39 is 0 Å². The van der Waals surface area contributed by atoms with Crippen molar-refractivity contribution in [3.05, 3.63) is 0 Å². The van der Waals surface area contributed by atoms with Crippen LogP contribution in [-0.4, -0.2) is 16.7 Å². The second kappa shape index (κ2) is 3.66. The molecule has 1 aliphatic heterocycles. The number of hydrogen-bond donors (Lipinski definition) is 3. The maximum atomic E-state index is 5.18. The normalized spacial score (nSPS) is 36.3. The Morgan fingerprint density at radius 1 is 1.29 bits per heavy atom. The summed E-state index contributed by atoms with van der Waals surface area (Å²) in [6, 6.07) is 0.562. The molecule has 1 saturated heterocycles. The molecule has 3 nitrogen and oxygen atoms in total. The van der Waals surface area contributed by atoms with Crippen LogP contribution in [0.15, 0.2) is 0 Å². The van der Waals surface area contributed by atoms with Gasteiger partial charge in [0.15, 0.2) is 5.11 Å². The average molecular weight is 213 g/mol.